The van der Waals surface area contributed by atoms with Crippen molar-refractivity contribution in [3.63, 3.8) is 0 Å². The summed E-state index contributed by atoms with van der Waals surface area (Å²) in [7, 11) is -1.56. The van der Waals surface area contributed by atoms with Gasteiger partial charge >= 0.3 is 0 Å². The molecule has 1 nitrogen and oxygen atoms in total. The zero-order chi connectivity index (χ0) is 10.9. The molecule has 1 rings (SSSR count). The van der Waals surface area contributed by atoms with Crippen molar-refractivity contribution in [2.75, 3.05) is 0 Å². The predicted molar refractivity (Wildman–Crippen MR) is 64.6 cm³/mol. The molecular weight excluding hydrogens is 235 g/mol. The summed E-state index contributed by atoms with van der Waals surface area (Å²) in [5.74, 6) is 0. The molecule has 0 radical (unpaired) electrons. The number of hydrogen-bond acceptors (Lipinski definition) is 1. The molecule has 0 saturated heterocycles. The standard InChI is InChI=1S/C10H12Cl2OSi/c1-14(2,3)8-6-4-5-7(11)9(8)10(12)13/h4-6H,1-3H3. The van der Waals surface area contributed by atoms with Crippen LogP contribution < -0.4 is 5.19 Å². The number of carbonyl (C=O) groups is 1. The highest BCUT2D eigenvalue weighted by Gasteiger charge is 2.24. The van der Waals surface area contributed by atoms with Crippen LogP contribution in [0.2, 0.25) is 24.7 Å². The van der Waals surface area contributed by atoms with Crippen LogP contribution in [0.3, 0.4) is 0 Å². The van der Waals surface area contributed by atoms with Crippen LogP contribution in [0.4, 0.5) is 0 Å². The Morgan fingerprint density at radius 3 is 2.21 bits per heavy atom. The summed E-state index contributed by atoms with van der Waals surface area (Å²) in [4.78, 5) is 11.2. The fourth-order valence-electron chi connectivity index (χ4n) is 1.35. The summed E-state index contributed by atoms with van der Waals surface area (Å²) >= 11 is 11.5. The van der Waals surface area contributed by atoms with Crippen LogP contribution in [0.25, 0.3) is 0 Å². The molecule has 0 amide bonds. The van der Waals surface area contributed by atoms with Gasteiger partial charge in [0, 0.05) is 0 Å². The van der Waals surface area contributed by atoms with E-state index in [4.69, 9.17) is 23.2 Å². The topological polar surface area (TPSA) is 17.1 Å². The van der Waals surface area contributed by atoms with Gasteiger partial charge in [-0.05, 0) is 22.9 Å². The molecule has 0 N–H and O–H groups in total. The van der Waals surface area contributed by atoms with E-state index in [0.29, 0.717) is 10.6 Å². The number of hydrogen-bond donors (Lipinski definition) is 0. The maximum atomic E-state index is 11.2. The third-order valence-electron chi connectivity index (χ3n) is 2.02. The lowest BCUT2D eigenvalue weighted by Crippen LogP contribution is -2.40. The molecule has 76 valence electrons. The first-order valence-corrected chi connectivity index (χ1v) is 8.58. The Hall–Kier alpha value is -0.313. The highest BCUT2D eigenvalue weighted by atomic mass is 35.5. The van der Waals surface area contributed by atoms with Gasteiger partial charge < -0.3 is 0 Å². The van der Waals surface area contributed by atoms with E-state index in [2.05, 4.69) is 19.6 Å². The molecule has 0 atom stereocenters. The van der Waals surface area contributed by atoms with Crippen LogP contribution in [0.15, 0.2) is 18.2 Å². The molecule has 0 unspecified atom stereocenters. The van der Waals surface area contributed by atoms with E-state index in [-0.39, 0.29) is 0 Å². The van der Waals surface area contributed by atoms with E-state index in [1.165, 1.54) is 0 Å². The predicted octanol–water partition coefficient (Wildman–Crippen LogP) is 3.26. The number of halogens is 2. The lowest BCUT2D eigenvalue weighted by atomic mass is 10.2. The van der Waals surface area contributed by atoms with Gasteiger partial charge in [-0.2, -0.15) is 0 Å². The molecule has 0 aromatic heterocycles. The normalized spacial score (nSPS) is 11.5. The van der Waals surface area contributed by atoms with E-state index in [1.54, 1.807) is 6.07 Å². The van der Waals surface area contributed by atoms with Crippen LogP contribution in [-0.4, -0.2) is 13.3 Å². The summed E-state index contributed by atoms with van der Waals surface area (Å²) in [6, 6.07) is 5.49. The lowest BCUT2D eigenvalue weighted by molar-refractivity contribution is 0.108. The summed E-state index contributed by atoms with van der Waals surface area (Å²) in [6.45, 7) is 6.46. The lowest BCUT2D eigenvalue weighted by Gasteiger charge is -2.19. The van der Waals surface area contributed by atoms with Crippen LogP contribution in [0.5, 0.6) is 0 Å². The van der Waals surface area contributed by atoms with Crippen molar-refractivity contribution in [3.8, 4) is 0 Å². The fourth-order valence-corrected chi connectivity index (χ4v) is 3.61. The van der Waals surface area contributed by atoms with Crippen molar-refractivity contribution in [1.82, 2.24) is 0 Å². The maximum absolute atomic E-state index is 11.2. The van der Waals surface area contributed by atoms with E-state index in [0.717, 1.165) is 5.19 Å². The molecule has 1 aromatic carbocycles. The maximum Gasteiger partial charge on any atom is 0.253 e. The van der Waals surface area contributed by atoms with Gasteiger partial charge in [0.25, 0.3) is 5.24 Å². The van der Waals surface area contributed by atoms with E-state index >= 15 is 0 Å². The third kappa shape index (κ3) is 2.38. The number of benzene rings is 1. The Labute approximate surface area is 95.0 Å². The molecule has 0 bridgehead atoms. The van der Waals surface area contributed by atoms with Crippen molar-refractivity contribution >= 4 is 41.7 Å². The van der Waals surface area contributed by atoms with Gasteiger partial charge in [-0.1, -0.05) is 43.4 Å². The second-order valence-corrected chi connectivity index (χ2v) is 9.98. The Morgan fingerprint density at radius 1 is 1.29 bits per heavy atom. The highest BCUT2D eigenvalue weighted by Crippen LogP contribution is 2.18. The number of carbonyl (C=O) groups excluding carboxylic acids is 1. The first kappa shape index (κ1) is 11.8. The van der Waals surface area contributed by atoms with Gasteiger partial charge in [0.2, 0.25) is 0 Å². The van der Waals surface area contributed by atoms with Crippen LogP contribution in [0, 0.1) is 0 Å². The van der Waals surface area contributed by atoms with Gasteiger partial charge in [0.15, 0.2) is 0 Å². The molecule has 1 aromatic rings. The molecular formula is C10H12Cl2OSi. The molecule has 0 aliphatic carbocycles. The van der Waals surface area contributed by atoms with E-state index < -0.39 is 13.3 Å². The second kappa shape index (κ2) is 4.05. The SMILES string of the molecule is C[Si](C)(C)c1cccc(Cl)c1C(=O)Cl. The summed E-state index contributed by atoms with van der Waals surface area (Å²) in [6.07, 6.45) is 0. The van der Waals surface area contributed by atoms with Gasteiger partial charge in [0.1, 0.15) is 0 Å². The van der Waals surface area contributed by atoms with Gasteiger partial charge in [-0.15, -0.1) is 0 Å². The molecule has 0 saturated carbocycles. The first-order chi connectivity index (χ1) is 6.34. The zero-order valence-electron chi connectivity index (χ0n) is 8.40. The second-order valence-electron chi connectivity index (χ2n) is 4.19. The Kier molecular flexibility index (Phi) is 3.40. The van der Waals surface area contributed by atoms with Crippen molar-refractivity contribution < 1.29 is 4.79 Å². The van der Waals surface area contributed by atoms with Crippen LogP contribution in [-0.2, 0) is 0 Å². The van der Waals surface area contributed by atoms with Gasteiger partial charge in [-0.3, -0.25) is 4.79 Å². The van der Waals surface area contributed by atoms with Crippen molar-refractivity contribution in [2.45, 2.75) is 19.6 Å². The van der Waals surface area contributed by atoms with Crippen LogP contribution in [0.1, 0.15) is 10.4 Å². The summed E-state index contributed by atoms with van der Waals surface area (Å²) < 4.78 is 0. The minimum Gasteiger partial charge on any atom is -0.276 e. The summed E-state index contributed by atoms with van der Waals surface area (Å²) in [5, 5.41) is 1.00. The third-order valence-corrected chi connectivity index (χ3v) is 4.55. The van der Waals surface area contributed by atoms with E-state index in [1.807, 2.05) is 12.1 Å². The quantitative estimate of drug-likeness (QED) is 0.579. The largest absolute Gasteiger partial charge is 0.276 e. The number of rotatable bonds is 2. The molecule has 14 heavy (non-hydrogen) atoms. The molecule has 0 heterocycles. The zero-order valence-corrected chi connectivity index (χ0v) is 10.9. The highest BCUT2D eigenvalue weighted by molar-refractivity contribution is 6.90. The minimum absolute atomic E-state index is 0.449. The van der Waals surface area contributed by atoms with Gasteiger partial charge in [0.05, 0.1) is 18.7 Å². The van der Waals surface area contributed by atoms with Crippen LogP contribution >= 0.6 is 23.2 Å². The average molecular weight is 247 g/mol. The average Bonchev–Trinajstić information content (AvgIpc) is 2.01. The van der Waals surface area contributed by atoms with Gasteiger partial charge in [-0.25, -0.2) is 0 Å². The molecule has 0 spiro atoms. The first-order valence-electron chi connectivity index (χ1n) is 4.33. The Bertz CT molecular complexity index is 369. The minimum atomic E-state index is -1.56. The Balaban J connectivity index is 3.44. The van der Waals surface area contributed by atoms with Crippen molar-refractivity contribution in [3.05, 3.63) is 28.8 Å². The smallest absolute Gasteiger partial charge is 0.253 e. The summed E-state index contributed by atoms with van der Waals surface area (Å²) in [5.41, 5.74) is 0.481. The molecule has 0 fully saturated rings. The molecule has 0 aliphatic rings. The Morgan fingerprint density at radius 2 is 1.86 bits per heavy atom. The molecule has 4 heteroatoms. The molecule has 0 aliphatic heterocycles. The van der Waals surface area contributed by atoms with Crippen molar-refractivity contribution in [2.24, 2.45) is 0 Å². The monoisotopic (exact) mass is 246 g/mol. The van der Waals surface area contributed by atoms with E-state index in [9.17, 15) is 4.79 Å². The fraction of sp³-hybridized carbons (Fsp3) is 0.300. The van der Waals surface area contributed by atoms with Crippen molar-refractivity contribution in [1.29, 1.82) is 0 Å².